The lowest BCUT2D eigenvalue weighted by Crippen LogP contribution is -2.32. The molecule has 7 heteroatoms. The van der Waals surface area contributed by atoms with Gasteiger partial charge in [-0.3, -0.25) is 4.79 Å². The Morgan fingerprint density at radius 1 is 0.725 bits per heavy atom. The third kappa shape index (κ3) is 6.51. The zero-order chi connectivity index (χ0) is 27.7. The zero-order valence-corrected chi connectivity index (χ0v) is 21.9. The van der Waals surface area contributed by atoms with Crippen LogP contribution in [0.25, 0.3) is 21.8 Å². The maximum atomic E-state index is 10.9. The van der Waals surface area contributed by atoms with Gasteiger partial charge in [0.05, 0.1) is 11.0 Å². The van der Waals surface area contributed by atoms with Crippen molar-refractivity contribution in [1.82, 2.24) is 9.97 Å². The van der Waals surface area contributed by atoms with Crippen LogP contribution in [0.2, 0.25) is 0 Å². The maximum Gasteiger partial charge on any atom is 0.320 e. The van der Waals surface area contributed by atoms with Gasteiger partial charge in [0.25, 0.3) is 0 Å². The van der Waals surface area contributed by atoms with Crippen molar-refractivity contribution in [3.63, 3.8) is 0 Å². The summed E-state index contributed by atoms with van der Waals surface area (Å²) >= 11 is 0. The molecule has 2 aromatic heterocycles. The molecule has 0 radical (unpaired) electrons. The Bertz CT molecular complexity index is 1680. The first-order chi connectivity index (χ1) is 19.6. The second-order valence-electron chi connectivity index (χ2n) is 9.39. The summed E-state index contributed by atoms with van der Waals surface area (Å²) in [4.78, 5) is 17.3. The molecule has 0 aliphatic heterocycles. The van der Waals surface area contributed by atoms with Gasteiger partial charge in [-0.05, 0) is 34.9 Å². The fourth-order valence-electron chi connectivity index (χ4n) is 4.45. The van der Waals surface area contributed by atoms with E-state index >= 15 is 0 Å². The van der Waals surface area contributed by atoms with E-state index in [1.54, 1.807) is 6.20 Å². The molecular formula is C33H31N3O4. The van der Waals surface area contributed by atoms with Crippen LogP contribution in [-0.4, -0.2) is 27.1 Å². The highest BCUT2D eigenvalue weighted by molar-refractivity contribution is 5.89. The largest absolute Gasteiger partial charge is 0.487 e. The van der Waals surface area contributed by atoms with Gasteiger partial charge in [-0.1, -0.05) is 84.9 Å². The Kier molecular flexibility index (Phi) is 8.44. The summed E-state index contributed by atoms with van der Waals surface area (Å²) in [5.41, 5.74) is 10.7. The number of aromatic nitrogens is 2. The van der Waals surface area contributed by atoms with Crippen molar-refractivity contribution >= 4 is 27.8 Å². The molecule has 0 unspecified atom stereocenters. The van der Waals surface area contributed by atoms with Crippen molar-refractivity contribution in [2.24, 2.45) is 5.73 Å². The molecule has 0 bridgehead atoms. The molecule has 4 aromatic carbocycles. The molecule has 40 heavy (non-hydrogen) atoms. The number of carboxylic acid groups (broad SMARTS) is 1. The highest BCUT2D eigenvalue weighted by atomic mass is 16.5. The summed E-state index contributed by atoms with van der Waals surface area (Å²) in [5, 5.41) is 11.1. The predicted molar refractivity (Wildman–Crippen MR) is 157 cm³/mol. The predicted octanol–water partition coefficient (Wildman–Crippen LogP) is 6.45. The molecule has 0 spiro atoms. The smallest absolute Gasteiger partial charge is 0.320 e. The molecule has 2 heterocycles. The molecule has 1 atom stereocenters. The van der Waals surface area contributed by atoms with Crippen molar-refractivity contribution in [2.75, 3.05) is 0 Å². The summed E-state index contributed by atoms with van der Waals surface area (Å²) in [6, 6.07) is 33.0. The second kappa shape index (κ2) is 12.7. The summed E-state index contributed by atoms with van der Waals surface area (Å²) < 4.78 is 11.7. The molecule has 7 nitrogen and oxygen atoms in total. The van der Waals surface area contributed by atoms with E-state index in [9.17, 15) is 4.79 Å². The Morgan fingerprint density at radius 3 is 1.95 bits per heavy atom. The van der Waals surface area contributed by atoms with E-state index in [2.05, 4.69) is 28.2 Å². The number of carboxylic acids is 1. The molecule has 0 aliphatic rings. The number of hydrogen-bond donors (Lipinski definition) is 4. The van der Waals surface area contributed by atoms with Gasteiger partial charge in [0.1, 0.15) is 30.8 Å². The van der Waals surface area contributed by atoms with Gasteiger partial charge >= 0.3 is 5.97 Å². The molecule has 6 rings (SSSR count). The zero-order valence-electron chi connectivity index (χ0n) is 21.9. The minimum atomic E-state index is -1.00. The normalized spacial score (nSPS) is 11.5. The van der Waals surface area contributed by atoms with Gasteiger partial charge in [-0.25, -0.2) is 0 Å². The Labute approximate surface area is 232 Å². The van der Waals surface area contributed by atoms with E-state index in [1.807, 2.05) is 91.1 Å². The van der Waals surface area contributed by atoms with Gasteiger partial charge in [0.2, 0.25) is 0 Å². The lowest BCUT2D eigenvalue weighted by atomic mass is 10.1. The third-order valence-corrected chi connectivity index (χ3v) is 6.54. The fraction of sp³-hybridized carbons (Fsp3) is 0.121. The van der Waals surface area contributed by atoms with Gasteiger partial charge < -0.3 is 30.3 Å². The van der Waals surface area contributed by atoms with Crippen molar-refractivity contribution in [3.8, 4) is 11.5 Å². The van der Waals surface area contributed by atoms with Crippen LogP contribution < -0.4 is 15.2 Å². The van der Waals surface area contributed by atoms with Crippen LogP contribution >= 0.6 is 0 Å². The Hall–Kier alpha value is -5.01. The van der Waals surface area contributed by atoms with Crippen LogP contribution in [0.1, 0.15) is 16.7 Å². The molecule has 5 N–H and O–H groups in total. The van der Waals surface area contributed by atoms with E-state index in [1.165, 1.54) is 10.9 Å². The Balaban J connectivity index is 0.000000168. The first-order valence-electron chi connectivity index (χ1n) is 13.1. The summed E-state index contributed by atoms with van der Waals surface area (Å²) in [5.74, 6) is 0.633. The molecule has 0 saturated heterocycles. The van der Waals surface area contributed by atoms with Crippen LogP contribution in [0.3, 0.4) is 0 Å². The molecular weight excluding hydrogens is 502 g/mol. The summed E-state index contributed by atoms with van der Waals surface area (Å²) in [7, 11) is 0. The monoisotopic (exact) mass is 533 g/mol. The van der Waals surface area contributed by atoms with Gasteiger partial charge in [0, 0.05) is 29.6 Å². The first kappa shape index (κ1) is 26.6. The quantitative estimate of drug-likeness (QED) is 0.171. The molecule has 0 amide bonds. The summed E-state index contributed by atoms with van der Waals surface area (Å²) in [6.07, 6.45) is 4.00. The number of nitrogens with two attached hydrogens (primary N) is 1. The van der Waals surface area contributed by atoms with Crippen molar-refractivity contribution in [2.45, 2.75) is 25.7 Å². The molecule has 0 fully saturated rings. The number of nitrogens with one attached hydrogen (secondary N) is 2. The number of aromatic amines is 2. The average molecular weight is 534 g/mol. The number of carbonyl (C=O) groups is 1. The molecule has 0 saturated carbocycles. The highest BCUT2D eigenvalue weighted by Crippen LogP contribution is 2.28. The molecule has 6 aromatic rings. The van der Waals surface area contributed by atoms with E-state index in [-0.39, 0.29) is 6.42 Å². The number of rotatable bonds is 9. The van der Waals surface area contributed by atoms with E-state index in [4.69, 9.17) is 20.3 Å². The van der Waals surface area contributed by atoms with Crippen molar-refractivity contribution < 1.29 is 19.4 Å². The number of hydrogen-bond acceptors (Lipinski definition) is 4. The molecule has 0 aliphatic carbocycles. The second-order valence-corrected chi connectivity index (χ2v) is 9.39. The van der Waals surface area contributed by atoms with Crippen molar-refractivity contribution in [1.29, 1.82) is 0 Å². The lowest BCUT2D eigenvalue weighted by molar-refractivity contribution is -0.138. The summed E-state index contributed by atoms with van der Waals surface area (Å²) in [6.45, 7) is 1.07. The van der Waals surface area contributed by atoms with Crippen LogP contribution in [0.4, 0.5) is 0 Å². The third-order valence-electron chi connectivity index (χ3n) is 6.54. The molecule has 202 valence electrons. The van der Waals surface area contributed by atoms with Crippen molar-refractivity contribution in [3.05, 3.63) is 132 Å². The maximum absolute atomic E-state index is 10.9. The number of aliphatic carboxylic acids is 1. The van der Waals surface area contributed by atoms with Gasteiger partial charge in [-0.15, -0.1) is 0 Å². The van der Waals surface area contributed by atoms with Gasteiger partial charge in [0.15, 0.2) is 0 Å². The van der Waals surface area contributed by atoms with E-state index in [0.29, 0.717) is 13.2 Å². The standard InChI is InChI=1S/C18H18N2O3.C15H13NO/c19-15(18(21)22)9-13-10-20-17-14(13)7-4-8-16(17)23-11-12-5-2-1-3-6-12;1-2-5-12(6-3-1)11-17-14-8-4-7-13-9-10-16-15(13)14/h1-8,10,15,20H,9,11,19H2,(H,21,22);1-10,16H,11H2/t15-;/m0./s1. The topological polar surface area (TPSA) is 113 Å². The highest BCUT2D eigenvalue weighted by Gasteiger charge is 2.16. The number of para-hydroxylation sites is 2. The van der Waals surface area contributed by atoms with Gasteiger partial charge in [-0.2, -0.15) is 0 Å². The van der Waals surface area contributed by atoms with Crippen LogP contribution in [0.15, 0.2) is 116 Å². The lowest BCUT2D eigenvalue weighted by Gasteiger charge is -2.08. The Morgan fingerprint density at radius 2 is 1.32 bits per heavy atom. The van der Waals surface area contributed by atoms with Crippen LogP contribution in [-0.2, 0) is 24.4 Å². The van der Waals surface area contributed by atoms with Crippen LogP contribution in [0, 0.1) is 0 Å². The van der Waals surface area contributed by atoms with E-state index in [0.717, 1.165) is 39.0 Å². The number of H-pyrrole nitrogens is 2. The first-order valence-corrected chi connectivity index (χ1v) is 13.1. The van der Waals surface area contributed by atoms with Crippen LogP contribution in [0.5, 0.6) is 11.5 Å². The van der Waals surface area contributed by atoms with E-state index < -0.39 is 12.0 Å². The SMILES string of the molecule is N[C@@H](Cc1c[nH]c2c(OCc3ccccc3)cccc12)C(=O)O.c1ccc(COc2cccc3cc[nH]c23)cc1. The number of fused-ring (bicyclic) bond motifs is 2. The minimum Gasteiger partial charge on any atom is -0.487 e. The fourth-order valence-corrected chi connectivity index (χ4v) is 4.45. The number of benzene rings is 4. The number of ether oxygens (including phenoxy) is 2. The average Bonchev–Trinajstić information content (AvgIpc) is 3.64. The minimum absolute atomic E-state index is 0.275.